The van der Waals surface area contributed by atoms with Crippen LogP contribution in [0, 0.1) is 5.41 Å². The molecule has 0 spiro atoms. The van der Waals surface area contributed by atoms with Crippen molar-refractivity contribution in [2.24, 2.45) is 5.41 Å². The van der Waals surface area contributed by atoms with E-state index in [0.717, 1.165) is 6.54 Å². The largest absolute Gasteiger partial charge is 0.368 e. The van der Waals surface area contributed by atoms with E-state index in [1.807, 2.05) is 11.9 Å². The number of rotatable bonds is 3. The minimum Gasteiger partial charge on any atom is -0.368 e. The number of aromatic nitrogens is 3. The molecule has 1 aromatic heterocycles. The summed E-state index contributed by atoms with van der Waals surface area (Å²) in [5.74, 6) is 0.938. The van der Waals surface area contributed by atoms with Gasteiger partial charge in [-0.3, -0.25) is 0 Å². The first-order valence-electron chi connectivity index (χ1n) is 4.75. The molecule has 2 rings (SSSR count). The second-order valence-electron chi connectivity index (χ2n) is 4.31. The summed E-state index contributed by atoms with van der Waals surface area (Å²) in [4.78, 5) is 13.9. The third-order valence-corrected chi connectivity index (χ3v) is 2.64. The Morgan fingerprint density at radius 1 is 1.50 bits per heavy atom. The molecule has 0 atom stereocenters. The maximum Gasteiger partial charge on any atom is 0.229 e. The van der Waals surface area contributed by atoms with E-state index in [0.29, 0.717) is 11.4 Å². The second kappa shape index (κ2) is 3.08. The van der Waals surface area contributed by atoms with E-state index < -0.39 is 0 Å². The zero-order valence-electron chi connectivity index (χ0n) is 8.56. The molecule has 1 aliphatic rings. The third kappa shape index (κ3) is 1.92. The summed E-state index contributed by atoms with van der Waals surface area (Å²) in [5.41, 5.74) is 5.94. The summed E-state index contributed by atoms with van der Waals surface area (Å²) in [6.07, 6.45) is 4.03. The van der Waals surface area contributed by atoms with Crippen LogP contribution in [0.25, 0.3) is 0 Å². The average molecular weight is 193 g/mol. The van der Waals surface area contributed by atoms with Crippen molar-refractivity contribution in [3.8, 4) is 0 Å². The van der Waals surface area contributed by atoms with Crippen LogP contribution in [0.1, 0.15) is 19.8 Å². The Morgan fingerprint density at radius 3 is 2.79 bits per heavy atom. The first-order valence-corrected chi connectivity index (χ1v) is 4.75. The smallest absolute Gasteiger partial charge is 0.229 e. The van der Waals surface area contributed by atoms with E-state index >= 15 is 0 Å². The predicted molar refractivity (Wildman–Crippen MR) is 54.9 cm³/mol. The van der Waals surface area contributed by atoms with Crippen molar-refractivity contribution < 1.29 is 0 Å². The van der Waals surface area contributed by atoms with E-state index in [4.69, 9.17) is 5.73 Å². The van der Waals surface area contributed by atoms with Crippen LogP contribution in [-0.2, 0) is 0 Å². The highest BCUT2D eigenvalue weighted by Gasteiger charge is 2.38. The summed E-state index contributed by atoms with van der Waals surface area (Å²) < 4.78 is 0. The molecule has 1 saturated carbocycles. The summed E-state index contributed by atoms with van der Waals surface area (Å²) in [6.45, 7) is 3.25. The molecule has 0 saturated heterocycles. The quantitative estimate of drug-likeness (QED) is 0.765. The van der Waals surface area contributed by atoms with Gasteiger partial charge in [-0.2, -0.15) is 4.98 Å². The van der Waals surface area contributed by atoms with Crippen molar-refractivity contribution >= 4 is 11.9 Å². The van der Waals surface area contributed by atoms with Crippen LogP contribution >= 0.6 is 0 Å². The highest BCUT2D eigenvalue weighted by atomic mass is 15.3. The number of nitrogen functional groups attached to an aromatic ring is 1. The van der Waals surface area contributed by atoms with E-state index in [-0.39, 0.29) is 5.95 Å². The van der Waals surface area contributed by atoms with Crippen LogP contribution in [0.5, 0.6) is 0 Å². The number of nitrogens with zero attached hydrogens (tertiary/aromatic N) is 4. The van der Waals surface area contributed by atoms with Crippen molar-refractivity contribution in [2.75, 3.05) is 24.2 Å². The van der Waals surface area contributed by atoms with Gasteiger partial charge in [0.05, 0.1) is 0 Å². The van der Waals surface area contributed by atoms with E-state index in [2.05, 4.69) is 21.9 Å². The number of hydrogen-bond acceptors (Lipinski definition) is 5. The molecule has 1 heterocycles. The molecule has 2 N–H and O–H groups in total. The van der Waals surface area contributed by atoms with Crippen LogP contribution in [0.3, 0.4) is 0 Å². The molecule has 0 aromatic carbocycles. The Balaban J connectivity index is 2.06. The van der Waals surface area contributed by atoms with Gasteiger partial charge in [0.1, 0.15) is 6.33 Å². The van der Waals surface area contributed by atoms with Crippen LogP contribution in [-0.4, -0.2) is 28.5 Å². The monoisotopic (exact) mass is 193 g/mol. The third-order valence-electron chi connectivity index (χ3n) is 2.64. The van der Waals surface area contributed by atoms with Crippen molar-refractivity contribution in [3.05, 3.63) is 6.33 Å². The van der Waals surface area contributed by atoms with Gasteiger partial charge in [0.2, 0.25) is 11.9 Å². The van der Waals surface area contributed by atoms with Gasteiger partial charge in [-0.05, 0) is 18.3 Å². The normalized spacial score (nSPS) is 17.9. The van der Waals surface area contributed by atoms with Gasteiger partial charge in [-0.1, -0.05) is 6.92 Å². The molecule has 0 radical (unpaired) electrons. The molecule has 76 valence electrons. The molecular formula is C9H15N5. The fourth-order valence-corrected chi connectivity index (χ4v) is 1.50. The van der Waals surface area contributed by atoms with Crippen molar-refractivity contribution in [1.29, 1.82) is 0 Å². The first-order chi connectivity index (χ1) is 6.59. The number of nitrogens with two attached hydrogens (primary N) is 1. The van der Waals surface area contributed by atoms with Gasteiger partial charge < -0.3 is 10.6 Å². The van der Waals surface area contributed by atoms with Crippen molar-refractivity contribution in [2.45, 2.75) is 19.8 Å². The highest BCUT2D eigenvalue weighted by Crippen LogP contribution is 2.45. The van der Waals surface area contributed by atoms with Crippen LogP contribution in [0.4, 0.5) is 11.9 Å². The van der Waals surface area contributed by atoms with Gasteiger partial charge in [-0.15, -0.1) is 0 Å². The molecular weight excluding hydrogens is 178 g/mol. The van der Waals surface area contributed by atoms with Crippen molar-refractivity contribution in [1.82, 2.24) is 15.0 Å². The van der Waals surface area contributed by atoms with Crippen LogP contribution in [0.2, 0.25) is 0 Å². The Bertz CT molecular complexity index is 334. The standard InChI is InChI=1S/C9H15N5/c1-9(3-4-9)5-14(2)8-12-6-11-7(10)13-8/h6H,3-5H2,1-2H3,(H2,10,11,12,13). The molecule has 5 nitrogen and oxygen atoms in total. The zero-order chi connectivity index (χ0) is 10.2. The van der Waals surface area contributed by atoms with E-state index in [1.165, 1.54) is 19.2 Å². The lowest BCUT2D eigenvalue weighted by atomic mass is 10.1. The Hall–Kier alpha value is -1.39. The summed E-state index contributed by atoms with van der Waals surface area (Å²) in [6, 6.07) is 0. The summed E-state index contributed by atoms with van der Waals surface area (Å²) in [5, 5.41) is 0. The summed E-state index contributed by atoms with van der Waals surface area (Å²) >= 11 is 0. The first kappa shape index (κ1) is 9.18. The van der Waals surface area contributed by atoms with Gasteiger partial charge in [0.25, 0.3) is 0 Å². The molecule has 14 heavy (non-hydrogen) atoms. The molecule has 0 bridgehead atoms. The molecule has 1 fully saturated rings. The molecule has 5 heteroatoms. The topological polar surface area (TPSA) is 67.9 Å². The molecule has 0 aliphatic heterocycles. The van der Waals surface area contributed by atoms with Crippen molar-refractivity contribution in [3.63, 3.8) is 0 Å². The van der Waals surface area contributed by atoms with Crippen LogP contribution in [0.15, 0.2) is 6.33 Å². The molecule has 0 amide bonds. The Labute approximate surface area is 83.4 Å². The lowest BCUT2D eigenvalue weighted by molar-refractivity contribution is 0.563. The van der Waals surface area contributed by atoms with Gasteiger partial charge >= 0.3 is 0 Å². The molecule has 1 aromatic rings. The fraction of sp³-hybridized carbons (Fsp3) is 0.667. The summed E-state index contributed by atoms with van der Waals surface area (Å²) in [7, 11) is 1.98. The predicted octanol–water partition coefficient (Wildman–Crippen LogP) is 0.690. The van der Waals surface area contributed by atoms with Gasteiger partial charge in [-0.25, -0.2) is 9.97 Å². The number of hydrogen-bond donors (Lipinski definition) is 1. The maximum atomic E-state index is 5.49. The van der Waals surface area contributed by atoms with Gasteiger partial charge in [0, 0.05) is 13.6 Å². The SMILES string of the molecule is CN(CC1(C)CC1)c1ncnc(N)n1. The Kier molecular flexibility index (Phi) is 2.02. The minimum atomic E-state index is 0.280. The minimum absolute atomic E-state index is 0.280. The maximum absolute atomic E-state index is 5.49. The second-order valence-corrected chi connectivity index (χ2v) is 4.31. The molecule has 1 aliphatic carbocycles. The lowest BCUT2D eigenvalue weighted by Crippen LogP contribution is -2.26. The zero-order valence-corrected chi connectivity index (χ0v) is 8.56. The number of anilines is 2. The van der Waals surface area contributed by atoms with E-state index in [9.17, 15) is 0 Å². The van der Waals surface area contributed by atoms with Gasteiger partial charge in [0.15, 0.2) is 0 Å². The van der Waals surface area contributed by atoms with E-state index in [1.54, 1.807) is 0 Å². The highest BCUT2D eigenvalue weighted by molar-refractivity contribution is 5.32. The average Bonchev–Trinajstić information content (AvgIpc) is 2.83. The lowest BCUT2D eigenvalue weighted by Gasteiger charge is -2.20. The fourth-order valence-electron chi connectivity index (χ4n) is 1.50. The Morgan fingerprint density at radius 2 is 2.21 bits per heavy atom. The molecule has 0 unspecified atom stereocenters. The van der Waals surface area contributed by atoms with Crippen LogP contribution < -0.4 is 10.6 Å².